The number of rotatable bonds is 6. The third-order valence-corrected chi connectivity index (χ3v) is 10.4. The number of nitrogens with zero attached hydrogens (tertiary/aromatic N) is 4. The molecule has 0 saturated heterocycles. The summed E-state index contributed by atoms with van der Waals surface area (Å²) in [4.78, 5) is 9.32. The molecule has 2 aromatic heterocycles. The Morgan fingerprint density at radius 2 is 1.27 bits per heavy atom. The number of anilines is 4. The molecule has 0 fully saturated rings. The number of fused-ring (bicyclic) bond motifs is 4. The van der Waals surface area contributed by atoms with E-state index in [2.05, 4.69) is 202 Å². The standard InChI is InChI=1S/C50H43N4O.Pt/c1-49(2,3)36-17-14-18-38(29-36)52-33-53(46-22-13-12-21-45(46)52)39-27-35(34-15-8-7-9-16-34)28-41(31-39)55-40-23-24-43-42-19-10-11-20-44(42)54(47(43)32-40)48-30-37(25-26-51-48)50(4,5)6;/h7-30,33H,1-6H3;/q-3;. The fraction of sp³-hybridized carbons (Fsp3) is 0.160. The van der Waals surface area contributed by atoms with Crippen LogP contribution in [0.5, 0.6) is 11.5 Å². The van der Waals surface area contributed by atoms with E-state index in [1.807, 2.05) is 18.3 Å². The van der Waals surface area contributed by atoms with E-state index in [4.69, 9.17) is 9.72 Å². The molecule has 0 aliphatic carbocycles. The number of benzene rings is 6. The van der Waals surface area contributed by atoms with Crippen molar-refractivity contribution in [1.82, 2.24) is 9.55 Å². The van der Waals surface area contributed by atoms with Gasteiger partial charge >= 0.3 is 0 Å². The van der Waals surface area contributed by atoms with Crippen LogP contribution in [0.4, 0.5) is 22.7 Å². The third kappa shape index (κ3) is 6.90. The van der Waals surface area contributed by atoms with Crippen LogP contribution in [0, 0.1) is 18.8 Å². The van der Waals surface area contributed by atoms with Gasteiger partial charge in [-0.2, -0.15) is 6.07 Å². The minimum atomic E-state index is -0.0213. The van der Waals surface area contributed by atoms with Gasteiger partial charge in [0.2, 0.25) is 0 Å². The quantitative estimate of drug-likeness (QED) is 0.156. The monoisotopic (exact) mass is 910 g/mol. The zero-order valence-corrected chi connectivity index (χ0v) is 34.7. The van der Waals surface area contributed by atoms with Crippen LogP contribution in [-0.4, -0.2) is 9.55 Å². The molecule has 0 spiro atoms. The molecule has 0 unspecified atom stereocenters. The maximum atomic E-state index is 6.77. The largest absolute Gasteiger partial charge is 0.509 e. The van der Waals surface area contributed by atoms with Crippen molar-refractivity contribution in [3.63, 3.8) is 0 Å². The van der Waals surface area contributed by atoms with Gasteiger partial charge in [-0.3, -0.25) is 0 Å². The van der Waals surface area contributed by atoms with E-state index >= 15 is 0 Å². The number of hydrogen-bond acceptors (Lipinski definition) is 4. The second-order valence-corrected chi connectivity index (χ2v) is 16.3. The van der Waals surface area contributed by atoms with Crippen LogP contribution in [0.15, 0.2) is 146 Å². The second kappa shape index (κ2) is 14.5. The first-order chi connectivity index (χ1) is 26.5. The minimum Gasteiger partial charge on any atom is -0.509 e. The van der Waals surface area contributed by atoms with Crippen LogP contribution in [0.2, 0.25) is 0 Å². The molecule has 282 valence electrons. The molecular formula is C50H43N4OPt-3. The Bertz CT molecular complexity index is 2700. The molecule has 0 atom stereocenters. The van der Waals surface area contributed by atoms with E-state index in [1.54, 1.807) is 0 Å². The van der Waals surface area contributed by atoms with Crippen molar-refractivity contribution in [3.05, 3.63) is 176 Å². The van der Waals surface area contributed by atoms with Crippen LogP contribution in [-0.2, 0) is 31.9 Å². The van der Waals surface area contributed by atoms with Crippen molar-refractivity contribution < 1.29 is 25.8 Å². The first-order valence-corrected chi connectivity index (χ1v) is 18.9. The van der Waals surface area contributed by atoms with Crippen LogP contribution >= 0.6 is 0 Å². The van der Waals surface area contributed by atoms with Gasteiger partial charge in [0.25, 0.3) is 0 Å². The van der Waals surface area contributed by atoms with E-state index in [0.717, 1.165) is 61.5 Å². The van der Waals surface area contributed by atoms with Gasteiger partial charge in [-0.05, 0) is 75.4 Å². The summed E-state index contributed by atoms with van der Waals surface area (Å²) in [6.45, 7) is 15.6. The van der Waals surface area contributed by atoms with Gasteiger partial charge < -0.3 is 19.1 Å². The summed E-state index contributed by atoms with van der Waals surface area (Å²) in [5.41, 5.74) is 10.8. The van der Waals surface area contributed by atoms with Gasteiger partial charge in [0.1, 0.15) is 5.82 Å². The molecule has 56 heavy (non-hydrogen) atoms. The van der Waals surface area contributed by atoms with E-state index in [1.165, 1.54) is 11.1 Å². The van der Waals surface area contributed by atoms with Crippen molar-refractivity contribution in [1.29, 1.82) is 0 Å². The van der Waals surface area contributed by atoms with Gasteiger partial charge in [-0.25, -0.2) is 4.98 Å². The van der Waals surface area contributed by atoms with Crippen LogP contribution in [0.25, 0.3) is 38.8 Å². The van der Waals surface area contributed by atoms with E-state index in [-0.39, 0.29) is 31.9 Å². The number of para-hydroxylation sites is 3. The molecule has 1 aliphatic rings. The van der Waals surface area contributed by atoms with E-state index in [0.29, 0.717) is 11.5 Å². The minimum absolute atomic E-state index is 0. The maximum absolute atomic E-state index is 6.77. The summed E-state index contributed by atoms with van der Waals surface area (Å²) < 4.78 is 8.96. The predicted molar refractivity (Wildman–Crippen MR) is 227 cm³/mol. The third-order valence-electron chi connectivity index (χ3n) is 10.4. The van der Waals surface area contributed by atoms with Gasteiger partial charge in [0.15, 0.2) is 0 Å². The molecule has 5 nitrogen and oxygen atoms in total. The van der Waals surface area contributed by atoms with Crippen LogP contribution in [0.3, 0.4) is 0 Å². The summed E-state index contributed by atoms with van der Waals surface area (Å²) in [5, 5.41) is 2.23. The molecule has 8 aromatic rings. The molecule has 0 radical (unpaired) electrons. The zero-order valence-electron chi connectivity index (χ0n) is 32.4. The van der Waals surface area contributed by atoms with Crippen molar-refractivity contribution in [3.8, 4) is 28.4 Å². The average molecular weight is 911 g/mol. The number of hydrogen-bond donors (Lipinski definition) is 0. The molecule has 0 bridgehead atoms. The summed E-state index contributed by atoms with van der Waals surface area (Å²) in [6, 6.07) is 56.2. The van der Waals surface area contributed by atoms with E-state index in [9.17, 15) is 0 Å². The van der Waals surface area contributed by atoms with E-state index < -0.39 is 0 Å². The molecule has 0 saturated carbocycles. The number of pyridine rings is 1. The Morgan fingerprint density at radius 3 is 2.04 bits per heavy atom. The summed E-state index contributed by atoms with van der Waals surface area (Å²) >= 11 is 0. The molecule has 0 N–H and O–H groups in total. The van der Waals surface area contributed by atoms with Crippen LogP contribution in [0.1, 0.15) is 52.7 Å². The van der Waals surface area contributed by atoms with Gasteiger partial charge in [-0.15, -0.1) is 53.6 Å². The SMILES string of the molecule is CC(C)(C)c1cccc(N2[CH-]N(c3[c-]c(Oc4[c-]c5c(cc4)c4ccccc4n5-c4cc(C(C)(C)C)ccn4)cc(-c4ccccc4)c3)c3ccccc32)c1.[Pt]. The van der Waals surface area contributed by atoms with Gasteiger partial charge in [0.05, 0.1) is 0 Å². The molecular weight excluding hydrogens is 868 g/mol. The van der Waals surface area contributed by atoms with Crippen LogP contribution < -0.4 is 14.5 Å². The fourth-order valence-corrected chi connectivity index (χ4v) is 7.44. The molecule has 1 aliphatic heterocycles. The maximum Gasteiger partial charge on any atom is 0.135 e. The summed E-state index contributed by atoms with van der Waals surface area (Å²) in [7, 11) is 0. The fourth-order valence-electron chi connectivity index (χ4n) is 7.44. The Kier molecular flexibility index (Phi) is 9.63. The molecule has 0 amide bonds. The second-order valence-electron chi connectivity index (χ2n) is 16.3. The predicted octanol–water partition coefficient (Wildman–Crippen LogP) is 13.2. The zero-order chi connectivity index (χ0) is 37.9. The molecule has 6 heteroatoms. The molecule has 3 heterocycles. The topological polar surface area (TPSA) is 33.5 Å². The van der Waals surface area contributed by atoms with Gasteiger partial charge in [-0.1, -0.05) is 120 Å². The Labute approximate surface area is 344 Å². The van der Waals surface area contributed by atoms with Gasteiger partial charge in [0, 0.05) is 61.3 Å². The Hall–Kier alpha value is -5.64. The Balaban J connectivity index is 0.00000441. The summed E-state index contributed by atoms with van der Waals surface area (Å²) in [6.07, 6.45) is 1.90. The summed E-state index contributed by atoms with van der Waals surface area (Å²) in [5.74, 6) is 2.05. The average Bonchev–Trinajstić information content (AvgIpc) is 3.74. The van der Waals surface area contributed by atoms with Crippen molar-refractivity contribution >= 4 is 44.6 Å². The Morgan fingerprint density at radius 1 is 0.571 bits per heavy atom. The smallest absolute Gasteiger partial charge is 0.135 e. The number of ether oxygens (including phenoxy) is 1. The number of aromatic nitrogens is 2. The first-order valence-electron chi connectivity index (χ1n) is 18.9. The van der Waals surface area contributed by atoms with Crippen molar-refractivity contribution in [2.45, 2.75) is 52.4 Å². The normalized spacial score (nSPS) is 12.9. The van der Waals surface area contributed by atoms with Crippen molar-refractivity contribution in [2.75, 3.05) is 9.80 Å². The molecule has 9 rings (SSSR count). The van der Waals surface area contributed by atoms with Crippen molar-refractivity contribution in [2.24, 2.45) is 0 Å². The first kappa shape index (κ1) is 37.3. The molecule has 6 aromatic carbocycles.